The van der Waals surface area contributed by atoms with Gasteiger partial charge < -0.3 is 5.11 Å². The van der Waals surface area contributed by atoms with Crippen LogP contribution in [-0.2, 0) is 4.79 Å². The van der Waals surface area contributed by atoms with Gasteiger partial charge in [0.1, 0.15) is 11.5 Å². The van der Waals surface area contributed by atoms with Crippen LogP contribution in [0.15, 0.2) is 22.8 Å². The van der Waals surface area contributed by atoms with Crippen molar-refractivity contribution in [3.63, 3.8) is 0 Å². The summed E-state index contributed by atoms with van der Waals surface area (Å²) in [4.78, 5) is 15.1. The maximum atomic E-state index is 13.1. The first-order valence-corrected chi connectivity index (χ1v) is 4.88. The molecule has 0 fully saturated rings. The van der Waals surface area contributed by atoms with Gasteiger partial charge in [-0.05, 0) is 30.7 Å². The lowest BCUT2D eigenvalue weighted by atomic mass is 10.1. The SMILES string of the molecule is CC1=N/C(=C\c2cc(F)c(O)c(F)c2)C(=O)N1O. The number of hydroxylamine groups is 2. The minimum atomic E-state index is -1.14. The second kappa shape index (κ2) is 4.19. The van der Waals surface area contributed by atoms with Gasteiger partial charge in [-0.3, -0.25) is 10.0 Å². The van der Waals surface area contributed by atoms with Gasteiger partial charge in [-0.25, -0.2) is 13.8 Å². The first-order chi connectivity index (χ1) is 8.40. The van der Waals surface area contributed by atoms with Crippen molar-refractivity contribution in [2.24, 2.45) is 4.99 Å². The van der Waals surface area contributed by atoms with Gasteiger partial charge in [0.05, 0.1) is 0 Å². The summed E-state index contributed by atoms with van der Waals surface area (Å²) in [7, 11) is 0. The van der Waals surface area contributed by atoms with Crippen molar-refractivity contribution >= 4 is 17.8 Å². The van der Waals surface area contributed by atoms with E-state index in [-0.39, 0.29) is 17.1 Å². The maximum absolute atomic E-state index is 13.1. The molecular weight excluding hydrogens is 246 g/mol. The molecule has 0 saturated carbocycles. The van der Waals surface area contributed by atoms with E-state index in [9.17, 15) is 18.8 Å². The Hall–Kier alpha value is -2.28. The van der Waals surface area contributed by atoms with Crippen LogP contribution in [0.2, 0.25) is 0 Å². The molecule has 1 aliphatic rings. The third-order valence-corrected chi connectivity index (χ3v) is 2.34. The smallest absolute Gasteiger partial charge is 0.301 e. The van der Waals surface area contributed by atoms with E-state index in [4.69, 9.17) is 5.11 Å². The third-order valence-electron chi connectivity index (χ3n) is 2.34. The molecule has 0 aromatic heterocycles. The lowest BCUT2D eigenvalue weighted by Gasteiger charge is -2.03. The van der Waals surface area contributed by atoms with E-state index in [1.807, 2.05) is 0 Å². The van der Waals surface area contributed by atoms with E-state index in [1.54, 1.807) is 0 Å². The molecule has 18 heavy (non-hydrogen) atoms. The molecule has 7 heteroatoms. The van der Waals surface area contributed by atoms with Gasteiger partial charge in [0, 0.05) is 0 Å². The van der Waals surface area contributed by atoms with E-state index in [0.717, 1.165) is 18.2 Å². The van der Waals surface area contributed by atoms with E-state index in [0.29, 0.717) is 5.06 Å². The Morgan fingerprint density at radius 2 is 1.89 bits per heavy atom. The number of hydrogen-bond acceptors (Lipinski definition) is 4. The maximum Gasteiger partial charge on any atom is 0.301 e. The van der Waals surface area contributed by atoms with Crippen LogP contribution in [0.4, 0.5) is 8.78 Å². The molecule has 0 radical (unpaired) electrons. The molecule has 1 amide bonds. The van der Waals surface area contributed by atoms with Gasteiger partial charge in [0.2, 0.25) is 0 Å². The number of carbonyl (C=O) groups excluding carboxylic acids is 1. The number of amides is 1. The van der Waals surface area contributed by atoms with Crippen molar-refractivity contribution in [3.05, 3.63) is 35.0 Å². The minimum Gasteiger partial charge on any atom is -0.503 e. The van der Waals surface area contributed by atoms with Crippen molar-refractivity contribution in [1.29, 1.82) is 0 Å². The molecular formula is C11H8F2N2O3. The number of phenols is 1. The van der Waals surface area contributed by atoms with Crippen LogP contribution < -0.4 is 0 Å². The summed E-state index contributed by atoms with van der Waals surface area (Å²) in [5.74, 6) is -4.10. The molecule has 2 N–H and O–H groups in total. The number of benzene rings is 1. The van der Waals surface area contributed by atoms with Crippen LogP contribution in [0.5, 0.6) is 5.75 Å². The molecule has 0 saturated heterocycles. The topological polar surface area (TPSA) is 73.1 Å². The largest absolute Gasteiger partial charge is 0.503 e. The summed E-state index contributed by atoms with van der Waals surface area (Å²) >= 11 is 0. The summed E-state index contributed by atoms with van der Waals surface area (Å²) in [6.45, 7) is 1.40. The standard InChI is InChI=1S/C11H8F2N2O3/c1-5-14-9(11(17)15(5)18)4-6-2-7(12)10(16)8(13)3-6/h2-4,16,18H,1H3/b9-4-. The number of rotatable bonds is 1. The number of aromatic hydroxyl groups is 1. The van der Waals surface area contributed by atoms with Gasteiger partial charge in [0.25, 0.3) is 0 Å². The molecule has 1 aromatic carbocycles. The Bertz CT molecular complexity index is 573. The van der Waals surface area contributed by atoms with Gasteiger partial charge in [-0.15, -0.1) is 0 Å². The molecule has 5 nitrogen and oxygen atoms in total. The molecule has 0 atom stereocenters. The van der Waals surface area contributed by atoms with Crippen LogP contribution in [-0.4, -0.2) is 27.1 Å². The Morgan fingerprint density at radius 1 is 1.33 bits per heavy atom. The highest BCUT2D eigenvalue weighted by Gasteiger charge is 2.26. The van der Waals surface area contributed by atoms with Gasteiger partial charge in [-0.1, -0.05) is 0 Å². The van der Waals surface area contributed by atoms with Crippen LogP contribution in [0.1, 0.15) is 12.5 Å². The van der Waals surface area contributed by atoms with Gasteiger partial charge >= 0.3 is 5.91 Å². The molecule has 0 bridgehead atoms. The lowest BCUT2D eigenvalue weighted by Crippen LogP contribution is -2.26. The number of halogens is 2. The second-order valence-electron chi connectivity index (χ2n) is 3.64. The van der Waals surface area contributed by atoms with Crippen LogP contribution in [0.25, 0.3) is 6.08 Å². The molecule has 2 rings (SSSR count). The average Bonchev–Trinajstić information content (AvgIpc) is 2.54. The van der Waals surface area contributed by atoms with E-state index in [2.05, 4.69) is 4.99 Å². The minimum absolute atomic E-state index is 0.0120. The van der Waals surface area contributed by atoms with Crippen molar-refractivity contribution in [3.8, 4) is 5.75 Å². The third kappa shape index (κ3) is 1.95. The normalized spacial score (nSPS) is 17.6. The highest BCUT2D eigenvalue weighted by molar-refractivity contribution is 6.12. The van der Waals surface area contributed by atoms with Gasteiger partial charge in [0.15, 0.2) is 17.4 Å². The van der Waals surface area contributed by atoms with Crippen molar-refractivity contribution in [2.45, 2.75) is 6.92 Å². The summed E-state index contributed by atoms with van der Waals surface area (Å²) in [6, 6.07) is 1.70. The fraction of sp³-hybridized carbons (Fsp3) is 0.0909. The van der Waals surface area contributed by atoms with Crippen LogP contribution in [0, 0.1) is 11.6 Å². The number of aliphatic imine (C=N–C) groups is 1. The fourth-order valence-corrected chi connectivity index (χ4v) is 1.45. The Kier molecular flexibility index (Phi) is 2.84. The monoisotopic (exact) mass is 254 g/mol. The van der Waals surface area contributed by atoms with E-state index >= 15 is 0 Å². The predicted molar refractivity (Wildman–Crippen MR) is 57.7 cm³/mol. The van der Waals surface area contributed by atoms with Crippen molar-refractivity contribution < 1.29 is 23.9 Å². The zero-order valence-corrected chi connectivity index (χ0v) is 9.19. The number of amidine groups is 1. The summed E-state index contributed by atoms with van der Waals surface area (Å²) in [6.07, 6.45) is 1.10. The summed E-state index contributed by atoms with van der Waals surface area (Å²) < 4.78 is 26.1. The second-order valence-corrected chi connectivity index (χ2v) is 3.64. The Balaban J connectivity index is 2.44. The van der Waals surface area contributed by atoms with Gasteiger partial charge in [-0.2, -0.15) is 5.06 Å². The molecule has 0 aliphatic carbocycles. The van der Waals surface area contributed by atoms with Crippen molar-refractivity contribution in [1.82, 2.24) is 5.06 Å². The molecule has 0 spiro atoms. The lowest BCUT2D eigenvalue weighted by molar-refractivity contribution is -0.142. The molecule has 1 heterocycles. The fourth-order valence-electron chi connectivity index (χ4n) is 1.45. The van der Waals surface area contributed by atoms with Crippen molar-refractivity contribution in [2.75, 3.05) is 0 Å². The number of hydrogen-bond donors (Lipinski definition) is 2. The van der Waals surface area contributed by atoms with E-state index < -0.39 is 23.3 Å². The highest BCUT2D eigenvalue weighted by atomic mass is 19.1. The number of phenolic OH excluding ortho intramolecular Hbond substituents is 1. The van der Waals surface area contributed by atoms with Crippen LogP contribution in [0.3, 0.4) is 0 Å². The molecule has 0 unspecified atom stereocenters. The number of nitrogens with zero attached hydrogens (tertiary/aromatic N) is 2. The first kappa shape index (κ1) is 12.2. The summed E-state index contributed by atoms with van der Waals surface area (Å²) in [5.41, 5.74) is -0.141. The Morgan fingerprint density at radius 3 is 2.33 bits per heavy atom. The van der Waals surface area contributed by atoms with E-state index in [1.165, 1.54) is 6.92 Å². The summed E-state index contributed by atoms with van der Waals surface area (Å²) in [5, 5.41) is 18.4. The average molecular weight is 254 g/mol. The molecule has 94 valence electrons. The molecule has 1 aliphatic heterocycles. The quantitative estimate of drug-likeness (QED) is 0.591. The van der Waals surface area contributed by atoms with Crippen LogP contribution >= 0.6 is 0 Å². The molecule has 1 aromatic rings. The first-order valence-electron chi connectivity index (χ1n) is 4.88. The Labute approximate surface area is 100 Å². The zero-order valence-electron chi connectivity index (χ0n) is 9.19. The predicted octanol–water partition coefficient (Wildman–Crippen LogP) is 1.66. The zero-order chi connectivity index (χ0) is 13.4. The highest BCUT2D eigenvalue weighted by Crippen LogP contribution is 2.24. The number of carbonyl (C=O) groups is 1.